The van der Waals surface area contributed by atoms with Gasteiger partial charge < -0.3 is 19.7 Å². The third-order valence-electron chi connectivity index (χ3n) is 4.60. The van der Waals surface area contributed by atoms with E-state index in [0.29, 0.717) is 22.7 Å². The second kappa shape index (κ2) is 8.54. The summed E-state index contributed by atoms with van der Waals surface area (Å²) in [5, 5.41) is 3.41. The van der Waals surface area contributed by atoms with Crippen molar-refractivity contribution in [1.29, 1.82) is 0 Å². The van der Waals surface area contributed by atoms with Gasteiger partial charge in [0.15, 0.2) is 0 Å². The summed E-state index contributed by atoms with van der Waals surface area (Å²) in [5.74, 6) is -0.646. The van der Waals surface area contributed by atoms with Crippen molar-refractivity contribution >= 4 is 33.9 Å². The second-order valence-corrected chi connectivity index (χ2v) is 7.53. The third-order valence-corrected chi connectivity index (χ3v) is 5.72. The van der Waals surface area contributed by atoms with Crippen LogP contribution in [0.3, 0.4) is 0 Å². The molecule has 1 aliphatic heterocycles. The number of carbonyl (C=O) groups is 2. The standard InChI is InChI=1S/C20H24N2O4S/c1-4-26-20(24)17-13(2)14(3)27-19(17)21-18(23)15-5-7-16(8-6-15)22-9-11-25-12-10-22/h5-8H,4,9-12H2,1-3H3,(H,21,23). The van der Waals surface area contributed by atoms with E-state index in [1.165, 1.54) is 11.3 Å². The van der Waals surface area contributed by atoms with E-state index >= 15 is 0 Å². The van der Waals surface area contributed by atoms with Crippen LogP contribution in [0.2, 0.25) is 0 Å². The molecule has 0 bridgehead atoms. The Balaban J connectivity index is 1.75. The molecule has 1 aromatic heterocycles. The fourth-order valence-electron chi connectivity index (χ4n) is 2.98. The van der Waals surface area contributed by atoms with Crippen LogP contribution >= 0.6 is 11.3 Å². The van der Waals surface area contributed by atoms with Crippen molar-refractivity contribution in [3.63, 3.8) is 0 Å². The quantitative estimate of drug-likeness (QED) is 0.792. The zero-order chi connectivity index (χ0) is 19.4. The molecular weight excluding hydrogens is 364 g/mol. The fraction of sp³-hybridized carbons (Fsp3) is 0.400. The number of morpholine rings is 1. The first-order chi connectivity index (χ1) is 13.0. The molecule has 6 nitrogen and oxygen atoms in total. The SMILES string of the molecule is CCOC(=O)c1c(NC(=O)c2ccc(N3CCOCC3)cc2)sc(C)c1C. The van der Waals surface area contributed by atoms with E-state index in [9.17, 15) is 9.59 Å². The molecule has 0 unspecified atom stereocenters. The maximum Gasteiger partial charge on any atom is 0.341 e. The lowest BCUT2D eigenvalue weighted by molar-refractivity contribution is 0.0527. The molecule has 144 valence electrons. The number of nitrogens with one attached hydrogen (secondary N) is 1. The summed E-state index contributed by atoms with van der Waals surface area (Å²) in [7, 11) is 0. The first-order valence-corrected chi connectivity index (χ1v) is 9.84. The highest BCUT2D eigenvalue weighted by Crippen LogP contribution is 2.33. The number of hydrogen-bond acceptors (Lipinski definition) is 6. The van der Waals surface area contributed by atoms with E-state index in [0.717, 1.165) is 42.4 Å². The molecule has 1 fully saturated rings. The molecule has 0 atom stereocenters. The van der Waals surface area contributed by atoms with Gasteiger partial charge in [-0.15, -0.1) is 11.3 Å². The zero-order valence-electron chi connectivity index (χ0n) is 15.8. The number of nitrogens with zero attached hydrogens (tertiary/aromatic N) is 1. The van der Waals surface area contributed by atoms with Crippen molar-refractivity contribution in [2.45, 2.75) is 20.8 Å². The molecule has 0 radical (unpaired) electrons. The highest BCUT2D eigenvalue weighted by atomic mass is 32.1. The topological polar surface area (TPSA) is 67.9 Å². The second-order valence-electron chi connectivity index (χ2n) is 6.31. The minimum absolute atomic E-state index is 0.240. The monoisotopic (exact) mass is 388 g/mol. The molecule has 0 aliphatic carbocycles. The highest BCUT2D eigenvalue weighted by Gasteiger charge is 2.22. The first kappa shape index (κ1) is 19.4. The lowest BCUT2D eigenvalue weighted by Gasteiger charge is -2.28. The Bertz CT molecular complexity index is 823. The molecular formula is C20H24N2O4S. The van der Waals surface area contributed by atoms with Crippen LogP contribution in [0, 0.1) is 13.8 Å². The van der Waals surface area contributed by atoms with Gasteiger partial charge in [-0.05, 0) is 50.6 Å². The maximum atomic E-state index is 12.7. The molecule has 1 aromatic carbocycles. The Morgan fingerprint density at radius 3 is 2.48 bits per heavy atom. The van der Waals surface area contributed by atoms with Crippen LogP contribution < -0.4 is 10.2 Å². The van der Waals surface area contributed by atoms with Gasteiger partial charge in [0.25, 0.3) is 5.91 Å². The first-order valence-electron chi connectivity index (χ1n) is 9.02. The normalized spacial score (nSPS) is 14.1. The number of ether oxygens (including phenoxy) is 2. The molecule has 0 saturated carbocycles. The summed E-state index contributed by atoms with van der Waals surface area (Å²) in [6.07, 6.45) is 0. The molecule has 1 aliphatic rings. The largest absolute Gasteiger partial charge is 0.462 e. The fourth-order valence-corrected chi connectivity index (χ4v) is 4.03. The molecule has 27 heavy (non-hydrogen) atoms. The summed E-state index contributed by atoms with van der Waals surface area (Å²) in [4.78, 5) is 28.1. The van der Waals surface area contributed by atoms with Crippen molar-refractivity contribution in [2.75, 3.05) is 43.1 Å². The molecule has 1 amide bonds. The smallest absolute Gasteiger partial charge is 0.341 e. The van der Waals surface area contributed by atoms with E-state index < -0.39 is 5.97 Å². The number of carbonyl (C=O) groups excluding carboxylic acids is 2. The molecule has 1 saturated heterocycles. The van der Waals surface area contributed by atoms with Crippen LogP contribution in [0.25, 0.3) is 0 Å². The van der Waals surface area contributed by atoms with Gasteiger partial charge in [-0.3, -0.25) is 4.79 Å². The zero-order valence-corrected chi connectivity index (χ0v) is 16.6. The van der Waals surface area contributed by atoms with Gasteiger partial charge in [0.05, 0.1) is 25.4 Å². The van der Waals surface area contributed by atoms with Crippen LogP contribution in [0.5, 0.6) is 0 Å². The van der Waals surface area contributed by atoms with Crippen LogP contribution in [0.15, 0.2) is 24.3 Å². The minimum atomic E-state index is -0.405. The van der Waals surface area contributed by atoms with Gasteiger partial charge in [0.2, 0.25) is 0 Å². The van der Waals surface area contributed by atoms with Crippen LogP contribution in [0.1, 0.15) is 38.1 Å². The number of aryl methyl sites for hydroxylation is 1. The Morgan fingerprint density at radius 2 is 1.85 bits per heavy atom. The molecule has 0 spiro atoms. The predicted octanol–water partition coefficient (Wildman–Crippen LogP) is 3.63. The van der Waals surface area contributed by atoms with E-state index in [1.54, 1.807) is 19.1 Å². The average molecular weight is 388 g/mol. The van der Waals surface area contributed by atoms with Gasteiger partial charge in [-0.1, -0.05) is 0 Å². The Hall–Kier alpha value is -2.38. The third kappa shape index (κ3) is 4.31. The van der Waals surface area contributed by atoms with Crippen molar-refractivity contribution in [1.82, 2.24) is 0 Å². The highest BCUT2D eigenvalue weighted by molar-refractivity contribution is 7.16. The lowest BCUT2D eigenvalue weighted by Crippen LogP contribution is -2.36. The molecule has 2 heterocycles. The van der Waals surface area contributed by atoms with Gasteiger partial charge in [-0.25, -0.2) is 4.79 Å². The lowest BCUT2D eigenvalue weighted by atomic mass is 10.1. The van der Waals surface area contributed by atoms with E-state index in [2.05, 4.69) is 10.2 Å². The van der Waals surface area contributed by atoms with E-state index in [1.807, 2.05) is 26.0 Å². The maximum absolute atomic E-state index is 12.7. The number of anilines is 2. The number of benzene rings is 1. The number of rotatable bonds is 5. The van der Waals surface area contributed by atoms with Crippen LogP contribution in [-0.2, 0) is 9.47 Å². The Kier molecular flexibility index (Phi) is 6.13. The number of amides is 1. The summed E-state index contributed by atoms with van der Waals surface area (Å²) < 4.78 is 10.5. The number of thiophene rings is 1. The van der Waals surface area contributed by atoms with Crippen LogP contribution in [-0.4, -0.2) is 44.8 Å². The molecule has 1 N–H and O–H groups in total. The van der Waals surface area contributed by atoms with Gasteiger partial charge in [-0.2, -0.15) is 0 Å². The van der Waals surface area contributed by atoms with Crippen molar-refractivity contribution in [3.05, 3.63) is 45.8 Å². The van der Waals surface area contributed by atoms with Crippen molar-refractivity contribution in [2.24, 2.45) is 0 Å². The van der Waals surface area contributed by atoms with Gasteiger partial charge in [0.1, 0.15) is 5.00 Å². The summed E-state index contributed by atoms with van der Waals surface area (Å²) in [6.45, 7) is 8.99. The molecule has 2 aromatic rings. The molecule has 7 heteroatoms. The van der Waals surface area contributed by atoms with Crippen molar-refractivity contribution < 1.29 is 19.1 Å². The minimum Gasteiger partial charge on any atom is -0.462 e. The van der Waals surface area contributed by atoms with E-state index in [-0.39, 0.29) is 5.91 Å². The molecule has 3 rings (SSSR count). The van der Waals surface area contributed by atoms with Crippen LogP contribution in [0.4, 0.5) is 10.7 Å². The van der Waals surface area contributed by atoms with E-state index in [4.69, 9.17) is 9.47 Å². The Morgan fingerprint density at radius 1 is 1.19 bits per heavy atom. The predicted molar refractivity (Wildman–Crippen MR) is 107 cm³/mol. The summed E-state index contributed by atoms with van der Waals surface area (Å²) >= 11 is 1.39. The number of hydrogen-bond donors (Lipinski definition) is 1. The van der Waals surface area contributed by atoms with Gasteiger partial charge >= 0.3 is 5.97 Å². The summed E-state index contributed by atoms with van der Waals surface area (Å²) in [5.41, 5.74) is 2.91. The Labute approximate surface area is 163 Å². The number of esters is 1. The summed E-state index contributed by atoms with van der Waals surface area (Å²) in [6, 6.07) is 7.49. The van der Waals surface area contributed by atoms with Gasteiger partial charge in [0, 0.05) is 29.2 Å². The van der Waals surface area contributed by atoms with Crippen molar-refractivity contribution in [3.8, 4) is 0 Å². The average Bonchev–Trinajstić information content (AvgIpc) is 2.96.